The molecule has 1 aromatic heterocycles. The summed E-state index contributed by atoms with van der Waals surface area (Å²) in [5, 5.41) is 3.60. The molecule has 2 rings (SSSR count). The Hall–Kier alpha value is -0.800. The van der Waals surface area contributed by atoms with Gasteiger partial charge in [-0.25, -0.2) is 0 Å². The van der Waals surface area contributed by atoms with E-state index < -0.39 is 0 Å². The Morgan fingerprint density at radius 3 is 2.80 bits per heavy atom. The maximum atomic E-state index is 5.49. The van der Waals surface area contributed by atoms with Crippen LogP contribution >= 0.6 is 0 Å². The minimum absolute atomic E-state index is 0.154. The summed E-state index contributed by atoms with van der Waals surface area (Å²) in [4.78, 5) is 2.43. The lowest BCUT2D eigenvalue weighted by Crippen LogP contribution is -2.35. The van der Waals surface area contributed by atoms with E-state index in [9.17, 15) is 0 Å². The van der Waals surface area contributed by atoms with Crippen LogP contribution in [0.15, 0.2) is 22.8 Å². The second kappa shape index (κ2) is 3.65. The number of rotatable bonds is 2. The maximum Gasteiger partial charge on any atom is 0.135 e. The second-order valence-corrected chi connectivity index (χ2v) is 5.21. The monoisotopic (exact) mass is 208 g/mol. The summed E-state index contributed by atoms with van der Waals surface area (Å²) in [5.74, 6) is 1.01. The highest BCUT2D eigenvalue weighted by molar-refractivity contribution is 5.09. The molecular weight excluding hydrogens is 188 g/mol. The Labute approximate surface area is 91.4 Å². The molecule has 1 unspecified atom stereocenters. The topological polar surface area (TPSA) is 28.4 Å². The number of nitrogens with one attached hydrogen (secondary N) is 1. The molecule has 15 heavy (non-hydrogen) atoms. The van der Waals surface area contributed by atoms with Gasteiger partial charge in [0.15, 0.2) is 0 Å². The van der Waals surface area contributed by atoms with Crippen LogP contribution in [0, 0.1) is 0 Å². The van der Waals surface area contributed by atoms with Crippen molar-refractivity contribution in [2.24, 2.45) is 0 Å². The molecule has 2 heterocycles. The molecule has 1 aliphatic heterocycles. The third-order valence-corrected chi connectivity index (χ3v) is 2.91. The molecule has 0 bridgehead atoms. The Balaban J connectivity index is 2.23. The Morgan fingerprint density at radius 1 is 1.53 bits per heavy atom. The van der Waals surface area contributed by atoms with Gasteiger partial charge < -0.3 is 4.42 Å². The molecule has 1 atom stereocenters. The van der Waals surface area contributed by atoms with Gasteiger partial charge in [0.2, 0.25) is 0 Å². The average molecular weight is 208 g/mol. The molecule has 0 spiro atoms. The number of nitrogens with zero attached hydrogens (tertiary/aromatic N) is 1. The van der Waals surface area contributed by atoms with Crippen LogP contribution in [0.1, 0.15) is 39.6 Å². The van der Waals surface area contributed by atoms with Gasteiger partial charge in [-0.05, 0) is 39.8 Å². The third kappa shape index (κ3) is 2.08. The first-order valence-electron chi connectivity index (χ1n) is 5.56. The lowest BCUT2D eigenvalue weighted by Gasteiger charge is -2.25. The van der Waals surface area contributed by atoms with E-state index in [2.05, 4.69) is 37.9 Å². The van der Waals surface area contributed by atoms with Crippen molar-refractivity contribution in [1.82, 2.24) is 10.2 Å². The van der Waals surface area contributed by atoms with Crippen LogP contribution < -0.4 is 5.32 Å². The molecular formula is C12H20N2O. The fourth-order valence-electron chi connectivity index (χ4n) is 2.21. The van der Waals surface area contributed by atoms with Gasteiger partial charge >= 0.3 is 0 Å². The van der Waals surface area contributed by atoms with Gasteiger partial charge in [0, 0.05) is 18.1 Å². The standard InChI is InChI=1S/C12H20N2O/c1-9(2)14-8-12(3,4)13-11(14)10-6-5-7-15-10/h5-7,9,11,13H,8H2,1-4H3. The van der Waals surface area contributed by atoms with E-state index in [1.165, 1.54) is 0 Å². The molecule has 0 radical (unpaired) electrons. The van der Waals surface area contributed by atoms with Crippen molar-refractivity contribution in [3.05, 3.63) is 24.2 Å². The molecule has 0 aliphatic carbocycles. The van der Waals surface area contributed by atoms with Gasteiger partial charge in [0.1, 0.15) is 11.9 Å². The lowest BCUT2D eigenvalue weighted by atomic mass is 10.1. The molecule has 3 heteroatoms. The first-order chi connectivity index (χ1) is 6.99. The van der Waals surface area contributed by atoms with E-state index in [0.29, 0.717) is 6.04 Å². The number of hydrogen-bond donors (Lipinski definition) is 1. The molecule has 84 valence electrons. The van der Waals surface area contributed by atoms with Crippen molar-refractivity contribution in [2.45, 2.75) is 45.4 Å². The van der Waals surface area contributed by atoms with E-state index in [-0.39, 0.29) is 11.7 Å². The lowest BCUT2D eigenvalue weighted by molar-refractivity contribution is 0.173. The van der Waals surface area contributed by atoms with E-state index >= 15 is 0 Å². The minimum Gasteiger partial charge on any atom is -0.466 e. The molecule has 0 saturated carbocycles. The predicted molar refractivity (Wildman–Crippen MR) is 60.5 cm³/mol. The normalized spacial score (nSPS) is 26.3. The van der Waals surface area contributed by atoms with E-state index in [1.807, 2.05) is 12.1 Å². The summed E-state index contributed by atoms with van der Waals surface area (Å²) < 4.78 is 5.49. The van der Waals surface area contributed by atoms with Gasteiger partial charge in [-0.1, -0.05) is 0 Å². The third-order valence-electron chi connectivity index (χ3n) is 2.91. The smallest absolute Gasteiger partial charge is 0.135 e. The molecule has 1 aliphatic rings. The van der Waals surface area contributed by atoms with Gasteiger partial charge in [0.05, 0.1) is 6.26 Å². The molecule has 0 amide bonds. The van der Waals surface area contributed by atoms with Crippen molar-refractivity contribution < 1.29 is 4.42 Å². The van der Waals surface area contributed by atoms with Crippen LogP contribution in [0.5, 0.6) is 0 Å². The van der Waals surface area contributed by atoms with Gasteiger partial charge in [-0.3, -0.25) is 10.2 Å². The fourth-order valence-corrected chi connectivity index (χ4v) is 2.21. The molecule has 1 aromatic rings. The fraction of sp³-hybridized carbons (Fsp3) is 0.667. The minimum atomic E-state index is 0.154. The molecule has 1 fully saturated rings. The predicted octanol–water partition coefficient (Wildman–Crippen LogP) is 2.37. The van der Waals surface area contributed by atoms with E-state index in [1.54, 1.807) is 6.26 Å². The largest absolute Gasteiger partial charge is 0.466 e. The van der Waals surface area contributed by atoms with Crippen molar-refractivity contribution in [3.8, 4) is 0 Å². The van der Waals surface area contributed by atoms with Crippen LogP contribution in [0.4, 0.5) is 0 Å². The highest BCUT2D eigenvalue weighted by Crippen LogP contribution is 2.30. The number of hydrogen-bond acceptors (Lipinski definition) is 3. The zero-order chi connectivity index (χ0) is 11.1. The summed E-state index contributed by atoms with van der Waals surface area (Å²) in [5.41, 5.74) is 0.154. The van der Waals surface area contributed by atoms with Crippen LogP contribution in [0.2, 0.25) is 0 Å². The van der Waals surface area contributed by atoms with Gasteiger partial charge in [-0.2, -0.15) is 0 Å². The number of furan rings is 1. The van der Waals surface area contributed by atoms with Gasteiger partial charge in [-0.15, -0.1) is 0 Å². The zero-order valence-electron chi connectivity index (χ0n) is 9.95. The highest BCUT2D eigenvalue weighted by Gasteiger charge is 2.39. The first-order valence-corrected chi connectivity index (χ1v) is 5.56. The van der Waals surface area contributed by atoms with Crippen LogP contribution in [-0.2, 0) is 0 Å². The van der Waals surface area contributed by atoms with Crippen LogP contribution in [0.3, 0.4) is 0 Å². The van der Waals surface area contributed by atoms with Gasteiger partial charge in [0.25, 0.3) is 0 Å². The first kappa shape index (κ1) is 10.7. The van der Waals surface area contributed by atoms with Crippen molar-refractivity contribution in [1.29, 1.82) is 0 Å². The summed E-state index contributed by atoms with van der Waals surface area (Å²) in [7, 11) is 0. The average Bonchev–Trinajstić information content (AvgIpc) is 2.70. The van der Waals surface area contributed by atoms with E-state index in [4.69, 9.17) is 4.42 Å². The Morgan fingerprint density at radius 2 is 2.27 bits per heavy atom. The van der Waals surface area contributed by atoms with Crippen LogP contribution in [0.25, 0.3) is 0 Å². The molecule has 0 aromatic carbocycles. The van der Waals surface area contributed by atoms with Crippen molar-refractivity contribution in [3.63, 3.8) is 0 Å². The SMILES string of the molecule is CC(C)N1CC(C)(C)NC1c1ccco1. The Bertz CT molecular complexity index is 316. The van der Waals surface area contributed by atoms with E-state index in [0.717, 1.165) is 12.3 Å². The quantitative estimate of drug-likeness (QED) is 0.808. The summed E-state index contributed by atoms with van der Waals surface area (Å²) in [6.07, 6.45) is 1.95. The van der Waals surface area contributed by atoms with Crippen molar-refractivity contribution >= 4 is 0 Å². The maximum absolute atomic E-state index is 5.49. The molecule has 1 N–H and O–H groups in total. The second-order valence-electron chi connectivity index (χ2n) is 5.21. The van der Waals surface area contributed by atoms with Crippen molar-refractivity contribution in [2.75, 3.05) is 6.54 Å². The molecule has 1 saturated heterocycles. The summed E-state index contributed by atoms with van der Waals surface area (Å²) >= 11 is 0. The van der Waals surface area contributed by atoms with Crippen LogP contribution in [-0.4, -0.2) is 23.0 Å². The summed E-state index contributed by atoms with van der Waals surface area (Å²) in [6.45, 7) is 9.95. The molecule has 3 nitrogen and oxygen atoms in total. The summed E-state index contributed by atoms with van der Waals surface area (Å²) in [6, 6.07) is 4.50. The zero-order valence-corrected chi connectivity index (χ0v) is 9.95. The Kier molecular flexibility index (Phi) is 2.61. The highest BCUT2D eigenvalue weighted by atomic mass is 16.3.